The van der Waals surface area contributed by atoms with Gasteiger partial charge in [0.05, 0.1) is 6.42 Å². The molecule has 0 fully saturated rings. The molecule has 3 N–H and O–H groups in total. The van der Waals surface area contributed by atoms with Gasteiger partial charge < -0.3 is 15.7 Å². The van der Waals surface area contributed by atoms with Gasteiger partial charge in [0.25, 0.3) is 0 Å². The summed E-state index contributed by atoms with van der Waals surface area (Å²) in [5.74, 6) is 0.0754. The van der Waals surface area contributed by atoms with Crippen LogP contribution in [0.15, 0.2) is 42.5 Å². The van der Waals surface area contributed by atoms with Crippen molar-refractivity contribution in [2.45, 2.75) is 26.1 Å². The van der Waals surface area contributed by atoms with Crippen molar-refractivity contribution in [2.75, 3.05) is 0 Å². The van der Waals surface area contributed by atoms with E-state index in [0.717, 1.165) is 18.7 Å². The van der Waals surface area contributed by atoms with Crippen LogP contribution >= 0.6 is 0 Å². The molecular weight excluding hydrogens is 264 g/mol. The van der Waals surface area contributed by atoms with E-state index in [2.05, 4.69) is 22.8 Å². The lowest BCUT2D eigenvalue weighted by molar-refractivity contribution is -0.120. The Balaban J connectivity index is 1.58. The fraction of sp³-hybridized carbons (Fsp3) is 0.235. The van der Waals surface area contributed by atoms with Crippen LogP contribution in [0.3, 0.4) is 0 Å². The molecule has 0 bridgehead atoms. The highest BCUT2D eigenvalue weighted by molar-refractivity contribution is 5.79. The summed E-state index contributed by atoms with van der Waals surface area (Å²) in [5, 5.41) is 15.9. The van der Waals surface area contributed by atoms with Gasteiger partial charge in [0, 0.05) is 25.2 Å². The van der Waals surface area contributed by atoms with Crippen LogP contribution in [-0.4, -0.2) is 11.0 Å². The van der Waals surface area contributed by atoms with E-state index in [0.29, 0.717) is 12.1 Å². The van der Waals surface area contributed by atoms with Crippen molar-refractivity contribution in [2.24, 2.45) is 0 Å². The molecule has 0 saturated heterocycles. The van der Waals surface area contributed by atoms with Crippen LogP contribution in [0.2, 0.25) is 0 Å². The Bertz CT molecular complexity index is 668. The summed E-state index contributed by atoms with van der Waals surface area (Å²) in [6.45, 7) is 2.34. The molecule has 0 saturated carbocycles. The molecule has 2 aromatic carbocycles. The Kier molecular flexibility index (Phi) is 3.88. The van der Waals surface area contributed by atoms with Crippen LogP contribution in [-0.2, 0) is 30.8 Å². The van der Waals surface area contributed by atoms with E-state index in [1.54, 1.807) is 18.2 Å². The smallest absolute Gasteiger partial charge is 0.224 e. The van der Waals surface area contributed by atoms with E-state index in [9.17, 15) is 9.90 Å². The van der Waals surface area contributed by atoms with Gasteiger partial charge in [0.1, 0.15) is 5.75 Å². The number of fused-ring (bicyclic) bond motifs is 1. The number of amides is 1. The minimum absolute atomic E-state index is 0.0878. The fourth-order valence-electron chi connectivity index (χ4n) is 2.55. The zero-order valence-electron chi connectivity index (χ0n) is 11.7. The molecule has 4 nitrogen and oxygen atoms in total. The Morgan fingerprint density at radius 2 is 1.95 bits per heavy atom. The molecule has 0 aliphatic carbocycles. The standard InChI is InChI=1S/C17H18N2O2/c20-16-4-2-1-3-13(16)8-17(21)19-9-12-5-6-14-10-18-11-15(14)7-12/h1-7,18,20H,8-11H2,(H,19,21). The number of nitrogens with one attached hydrogen (secondary N) is 2. The molecule has 108 valence electrons. The predicted molar refractivity (Wildman–Crippen MR) is 80.6 cm³/mol. The zero-order valence-corrected chi connectivity index (χ0v) is 11.7. The van der Waals surface area contributed by atoms with Crippen LogP contribution < -0.4 is 10.6 Å². The van der Waals surface area contributed by atoms with Crippen molar-refractivity contribution >= 4 is 5.91 Å². The second kappa shape index (κ2) is 5.97. The molecule has 1 aliphatic rings. The summed E-state index contributed by atoms with van der Waals surface area (Å²) in [7, 11) is 0. The fourth-order valence-corrected chi connectivity index (χ4v) is 2.55. The number of benzene rings is 2. The van der Waals surface area contributed by atoms with Gasteiger partial charge in [-0.05, 0) is 22.8 Å². The molecule has 1 heterocycles. The van der Waals surface area contributed by atoms with Crippen LogP contribution in [0, 0.1) is 0 Å². The third-order valence-electron chi connectivity index (χ3n) is 3.73. The van der Waals surface area contributed by atoms with Crippen molar-refractivity contribution < 1.29 is 9.90 Å². The zero-order chi connectivity index (χ0) is 14.7. The number of carbonyl (C=O) groups excluding carboxylic acids is 1. The largest absolute Gasteiger partial charge is 0.508 e. The van der Waals surface area contributed by atoms with E-state index in [1.807, 2.05) is 12.1 Å². The first-order valence-electron chi connectivity index (χ1n) is 7.07. The van der Waals surface area contributed by atoms with Crippen LogP contribution in [0.25, 0.3) is 0 Å². The van der Waals surface area contributed by atoms with Gasteiger partial charge >= 0.3 is 0 Å². The topological polar surface area (TPSA) is 61.4 Å². The van der Waals surface area contributed by atoms with Crippen LogP contribution in [0.1, 0.15) is 22.3 Å². The summed E-state index contributed by atoms with van der Waals surface area (Å²) < 4.78 is 0. The predicted octanol–water partition coefficient (Wildman–Crippen LogP) is 1.85. The monoisotopic (exact) mass is 282 g/mol. The Morgan fingerprint density at radius 3 is 2.81 bits per heavy atom. The molecule has 0 unspecified atom stereocenters. The summed E-state index contributed by atoms with van der Waals surface area (Å²) in [4.78, 5) is 11.9. The number of carbonyl (C=O) groups is 1. The number of phenolic OH excluding ortho intramolecular Hbond substituents is 1. The Labute approximate surface area is 123 Å². The molecule has 0 aromatic heterocycles. The lowest BCUT2D eigenvalue weighted by Gasteiger charge is -2.08. The highest BCUT2D eigenvalue weighted by atomic mass is 16.3. The van der Waals surface area contributed by atoms with Gasteiger partial charge in [-0.25, -0.2) is 0 Å². The summed E-state index contributed by atoms with van der Waals surface area (Å²) >= 11 is 0. The normalized spacial score (nSPS) is 13.0. The molecule has 1 amide bonds. The first kappa shape index (κ1) is 13.6. The lowest BCUT2D eigenvalue weighted by atomic mass is 10.1. The van der Waals surface area contributed by atoms with E-state index in [-0.39, 0.29) is 18.1 Å². The Morgan fingerprint density at radius 1 is 1.14 bits per heavy atom. The van der Waals surface area contributed by atoms with Crippen molar-refractivity contribution in [1.29, 1.82) is 0 Å². The summed E-state index contributed by atoms with van der Waals surface area (Å²) in [5.41, 5.74) is 4.39. The molecule has 0 spiro atoms. The van der Waals surface area contributed by atoms with E-state index in [4.69, 9.17) is 0 Å². The van der Waals surface area contributed by atoms with E-state index < -0.39 is 0 Å². The molecule has 21 heavy (non-hydrogen) atoms. The minimum Gasteiger partial charge on any atom is -0.508 e. The van der Waals surface area contributed by atoms with Gasteiger partial charge in [-0.2, -0.15) is 0 Å². The van der Waals surface area contributed by atoms with Crippen molar-refractivity contribution in [3.63, 3.8) is 0 Å². The lowest BCUT2D eigenvalue weighted by Crippen LogP contribution is -2.24. The second-order valence-corrected chi connectivity index (χ2v) is 5.29. The molecule has 1 aliphatic heterocycles. The van der Waals surface area contributed by atoms with Crippen LogP contribution in [0.5, 0.6) is 5.75 Å². The van der Waals surface area contributed by atoms with Gasteiger partial charge in [-0.15, -0.1) is 0 Å². The van der Waals surface area contributed by atoms with Gasteiger partial charge in [-0.1, -0.05) is 36.4 Å². The third kappa shape index (κ3) is 3.23. The first-order chi connectivity index (χ1) is 10.2. The van der Waals surface area contributed by atoms with Gasteiger partial charge in [0.2, 0.25) is 5.91 Å². The first-order valence-corrected chi connectivity index (χ1v) is 7.07. The van der Waals surface area contributed by atoms with Gasteiger partial charge in [0.15, 0.2) is 0 Å². The maximum atomic E-state index is 11.9. The van der Waals surface area contributed by atoms with E-state index in [1.165, 1.54) is 11.1 Å². The number of phenols is 1. The number of rotatable bonds is 4. The molecule has 3 rings (SSSR count). The van der Waals surface area contributed by atoms with Crippen molar-refractivity contribution in [3.05, 3.63) is 64.7 Å². The maximum absolute atomic E-state index is 11.9. The summed E-state index contributed by atoms with van der Waals surface area (Å²) in [6, 6.07) is 13.2. The minimum atomic E-state index is -0.0878. The molecular formula is C17H18N2O2. The highest BCUT2D eigenvalue weighted by Gasteiger charge is 2.11. The summed E-state index contributed by atoms with van der Waals surface area (Å²) in [6.07, 6.45) is 0.194. The molecule has 0 atom stereocenters. The molecule has 2 aromatic rings. The SMILES string of the molecule is O=C(Cc1ccccc1O)NCc1ccc2c(c1)CNC2. The second-order valence-electron chi connectivity index (χ2n) is 5.29. The Hall–Kier alpha value is -2.33. The van der Waals surface area contributed by atoms with Crippen LogP contribution in [0.4, 0.5) is 0 Å². The van der Waals surface area contributed by atoms with Gasteiger partial charge in [-0.3, -0.25) is 4.79 Å². The van der Waals surface area contributed by atoms with E-state index >= 15 is 0 Å². The quantitative estimate of drug-likeness (QED) is 0.802. The molecule has 4 heteroatoms. The number of hydrogen-bond donors (Lipinski definition) is 3. The van der Waals surface area contributed by atoms with Crippen molar-refractivity contribution in [1.82, 2.24) is 10.6 Å². The number of para-hydroxylation sites is 1. The number of hydrogen-bond acceptors (Lipinski definition) is 3. The average Bonchev–Trinajstić information content (AvgIpc) is 2.95. The van der Waals surface area contributed by atoms with Crippen molar-refractivity contribution in [3.8, 4) is 5.75 Å². The average molecular weight is 282 g/mol. The number of aromatic hydroxyl groups is 1. The maximum Gasteiger partial charge on any atom is 0.224 e. The third-order valence-corrected chi connectivity index (χ3v) is 3.73. The highest BCUT2D eigenvalue weighted by Crippen LogP contribution is 2.18. The molecule has 0 radical (unpaired) electrons.